The van der Waals surface area contributed by atoms with Gasteiger partial charge in [-0.05, 0) is 12.5 Å². The minimum atomic E-state index is -0.200. The van der Waals surface area contributed by atoms with Gasteiger partial charge in [0.25, 0.3) is 5.91 Å². The Morgan fingerprint density at radius 1 is 1.22 bits per heavy atom. The lowest BCUT2D eigenvalue weighted by Gasteiger charge is -2.24. The number of carbonyl (C=O) groups excluding carboxylic acids is 2. The molecule has 9 nitrogen and oxygen atoms in total. The Balaban J connectivity index is 1.59. The summed E-state index contributed by atoms with van der Waals surface area (Å²) >= 11 is 0. The van der Waals surface area contributed by atoms with E-state index in [0.29, 0.717) is 44.2 Å². The molecule has 0 saturated carbocycles. The van der Waals surface area contributed by atoms with Gasteiger partial charge < -0.3 is 14.5 Å². The topological polar surface area (TPSA) is 93.5 Å². The van der Waals surface area contributed by atoms with Gasteiger partial charge >= 0.3 is 0 Å². The van der Waals surface area contributed by atoms with Crippen molar-refractivity contribution in [1.29, 1.82) is 0 Å². The molecule has 0 bridgehead atoms. The highest BCUT2D eigenvalue weighted by atomic mass is 16.5. The Hall–Kier alpha value is -2.97. The van der Waals surface area contributed by atoms with E-state index >= 15 is 0 Å². The predicted molar refractivity (Wildman–Crippen MR) is 97.1 cm³/mol. The van der Waals surface area contributed by atoms with E-state index in [1.807, 2.05) is 11.8 Å². The fourth-order valence-electron chi connectivity index (χ4n) is 3.16. The van der Waals surface area contributed by atoms with Gasteiger partial charge in [0.2, 0.25) is 5.91 Å². The summed E-state index contributed by atoms with van der Waals surface area (Å²) in [6.07, 6.45) is 5.36. The summed E-state index contributed by atoms with van der Waals surface area (Å²) in [4.78, 5) is 37.1. The van der Waals surface area contributed by atoms with Crippen LogP contribution in [0.4, 0.5) is 0 Å². The molecule has 1 fully saturated rings. The summed E-state index contributed by atoms with van der Waals surface area (Å²) < 4.78 is 6.82. The van der Waals surface area contributed by atoms with Crippen LogP contribution in [0.3, 0.4) is 0 Å². The van der Waals surface area contributed by atoms with E-state index in [-0.39, 0.29) is 17.7 Å². The molecule has 0 spiro atoms. The van der Waals surface area contributed by atoms with Crippen LogP contribution in [0.1, 0.15) is 23.8 Å². The van der Waals surface area contributed by atoms with Crippen molar-refractivity contribution < 1.29 is 14.3 Å². The van der Waals surface area contributed by atoms with E-state index in [1.54, 1.807) is 41.3 Å². The van der Waals surface area contributed by atoms with Crippen molar-refractivity contribution >= 4 is 11.8 Å². The Bertz CT molecular complexity index is 779. The first-order chi connectivity index (χ1) is 13.1. The number of pyridine rings is 1. The maximum absolute atomic E-state index is 12.7. The van der Waals surface area contributed by atoms with Crippen molar-refractivity contribution in [2.24, 2.45) is 5.92 Å². The molecule has 0 aliphatic carbocycles. The molecule has 1 saturated heterocycles. The van der Waals surface area contributed by atoms with E-state index in [2.05, 4.69) is 15.1 Å². The van der Waals surface area contributed by atoms with Crippen molar-refractivity contribution in [3.8, 4) is 5.75 Å². The van der Waals surface area contributed by atoms with E-state index in [1.165, 1.54) is 6.33 Å². The molecule has 144 valence electrons. The normalized spacial score (nSPS) is 15.9. The largest absolute Gasteiger partial charge is 0.497 e. The maximum Gasteiger partial charge on any atom is 0.272 e. The van der Waals surface area contributed by atoms with Crippen molar-refractivity contribution in [3.63, 3.8) is 0 Å². The SMILES string of the molecule is COc1ccnc(C(=O)N2CCCN(C(=O)C(C)Cn3cncn3)CC2)c1. The highest BCUT2D eigenvalue weighted by molar-refractivity contribution is 5.92. The molecule has 1 unspecified atom stereocenters. The molecule has 1 aliphatic rings. The van der Waals surface area contributed by atoms with E-state index < -0.39 is 0 Å². The smallest absolute Gasteiger partial charge is 0.272 e. The lowest BCUT2D eigenvalue weighted by molar-refractivity contribution is -0.135. The van der Waals surface area contributed by atoms with Gasteiger partial charge in [0.05, 0.1) is 19.6 Å². The molecule has 27 heavy (non-hydrogen) atoms. The van der Waals surface area contributed by atoms with Crippen LogP contribution in [0.25, 0.3) is 0 Å². The van der Waals surface area contributed by atoms with Gasteiger partial charge in [-0.25, -0.2) is 4.98 Å². The second-order valence-electron chi connectivity index (χ2n) is 6.57. The summed E-state index contributed by atoms with van der Waals surface area (Å²) in [6, 6.07) is 3.34. The molecular formula is C18H24N6O3. The molecule has 2 aromatic heterocycles. The Morgan fingerprint density at radius 2 is 2.00 bits per heavy atom. The van der Waals surface area contributed by atoms with Gasteiger partial charge in [-0.2, -0.15) is 5.10 Å². The van der Waals surface area contributed by atoms with Crippen LogP contribution in [0, 0.1) is 5.92 Å². The highest BCUT2D eigenvalue weighted by Gasteiger charge is 2.26. The molecule has 2 amide bonds. The number of hydrogen-bond donors (Lipinski definition) is 0. The van der Waals surface area contributed by atoms with Crippen LogP contribution in [-0.4, -0.2) is 74.7 Å². The van der Waals surface area contributed by atoms with Crippen LogP contribution in [0.2, 0.25) is 0 Å². The number of methoxy groups -OCH3 is 1. The number of hydrogen-bond acceptors (Lipinski definition) is 6. The van der Waals surface area contributed by atoms with Gasteiger partial charge in [-0.15, -0.1) is 0 Å². The molecule has 3 rings (SSSR count). The van der Waals surface area contributed by atoms with Crippen LogP contribution in [0.5, 0.6) is 5.75 Å². The number of rotatable bonds is 5. The lowest BCUT2D eigenvalue weighted by atomic mass is 10.1. The summed E-state index contributed by atoms with van der Waals surface area (Å²) in [5.74, 6) is 0.328. The zero-order valence-corrected chi connectivity index (χ0v) is 15.6. The summed E-state index contributed by atoms with van der Waals surface area (Å²) in [6.45, 7) is 4.61. The van der Waals surface area contributed by atoms with Gasteiger partial charge in [-0.1, -0.05) is 6.92 Å². The maximum atomic E-state index is 12.7. The van der Waals surface area contributed by atoms with Crippen LogP contribution in [-0.2, 0) is 11.3 Å². The standard InChI is InChI=1S/C18H24N6O3/c1-14(11-24-13-19-12-21-24)17(25)22-6-3-7-23(9-8-22)18(26)16-10-15(27-2)4-5-20-16/h4-5,10,12-14H,3,6-9,11H2,1-2H3. The Labute approximate surface area is 157 Å². The molecule has 1 atom stereocenters. The lowest BCUT2D eigenvalue weighted by Crippen LogP contribution is -2.40. The minimum absolute atomic E-state index is 0.0688. The van der Waals surface area contributed by atoms with E-state index in [9.17, 15) is 9.59 Å². The van der Waals surface area contributed by atoms with E-state index in [0.717, 1.165) is 6.42 Å². The number of nitrogens with zero attached hydrogens (tertiary/aromatic N) is 6. The van der Waals surface area contributed by atoms with Crippen molar-refractivity contribution in [2.45, 2.75) is 19.9 Å². The van der Waals surface area contributed by atoms with Crippen LogP contribution in [0.15, 0.2) is 31.0 Å². The fraction of sp³-hybridized carbons (Fsp3) is 0.500. The van der Waals surface area contributed by atoms with Crippen molar-refractivity contribution in [2.75, 3.05) is 33.3 Å². The second-order valence-corrected chi connectivity index (χ2v) is 6.57. The molecule has 0 radical (unpaired) electrons. The molecule has 1 aliphatic heterocycles. The minimum Gasteiger partial charge on any atom is -0.497 e. The molecule has 0 aromatic carbocycles. The molecule has 0 N–H and O–H groups in total. The van der Waals surface area contributed by atoms with Crippen LogP contribution >= 0.6 is 0 Å². The number of amides is 2. The first kappa shape index (κ1) is 18.8. The second kappa shape index (κ2) is 8.61. The Kier molecular flexibility index (Phi) is 6.00. The summed E-state index contributed by atoms with van der Waals surface area (Å²) in [5.41, 5.74) is 0.355. The summed E-state index contributed by atoms with van der Waals surface area (Å²) in [5, 5.41) is 4.05. The molecule has 2 aromatic rings. The molecular weight excluding hydrogens is 348 g/mol. The Morgan fingerprint density at radius 3 is 2.74 bits per heavy atom. The zero-order chi connectivity index (χ0) is 19.2. The van der Waals surface area contributed by atoms with Gasteiger partial charge in [0.15, 0.2) is 0 Å². The van der Waals surface area contributed by atoms with Crippen molar-refractivity contribution in [3.05, 3.63) is 36.7 Å². The number of ether oxygens (including phenoxy) is 1. The monoisotopic (exact) mass is 372 g/mol. The average molecular weight is 372 g/mol. The predicted octanol–water partition coefficient (Wildman–Crippen LogP) is 0.692. The third-order valence-corrected chi connectivity index (χ3v) is 4.63. The van der Waals surface area contributed by atoms with Gasteiger partial charge in [-0.3, -0.25) is 19.3 Å². The molecule has 9 heteroatoms. The number of aromatic nitrogens is 4. The first-order valence-corrected chi connectivity index (χ1v) is 8.99. The van der Waals surface area contributed by atoms with Crippen molar-refractivity contribution in [1.82, 2.24) is 29.5 Å². The quantitative estimate of drug-likeness (QED) is 0.767. The third kappa shape index (κ3) is 4.60. The van der Waals surface area contributed by atoms with E-state index in [4.69, 9.17) is 4.74 Å². The highest BCUT2D eigenvalue weighted by Crippen LogP contribution is 2.15. The fourth-order valence-corrected chi connectivity index (χ4v) is 3.16. The third-order valence-electron chi connectivity index (χ3n) is 4.63. The van der Waals surface area contributed by atoms with Gasteiger partial charge in [0, 0.05) is 38.4 Å². The average Bonchev–Trinajstić information content (AvgIpc) is 3.08. The van der Waals surface area contributed by atoms with Crippen LogP contribution < -0.4 is 4.74 Å². The van der Waals surface area contributed by atoms with Gasteiger partial charge in [0.1, 0.15) is 24.1 Å². The zero-order valence-electron chi connectivity index (χ0n) is 15.6. The first-order valence-electron chi connectivity index (χ1n) is 8.99. The number of carbonyl (C=O) groups is 2. The summed E-state index contributed by atoms with van der Waals surface area (Å²) in [7, 11) is 1.56. The molecule has 3 heterocycles.